The number of carbonyl (C=O) groups excluding carboxylic acids is 1. The first-order valence-electron chi connectivity index (χ1n) is 12.2. The lowest BCUT2D eigenvalue weighted by Gasteiger charge is -2.30. The highest BCUT2D eigenvalue weighted by Gasteiger charge is 2.26. The third-order valence-electron chi connectivity index (χ3n) is 6.98. The van der Waals surface area contributed by atoms with Crippen molar-refractivity contribution in [3.63, 3.8) is 0 Å². The Morgan fingerprint density at radius 2 is 1.97 bits per heavy atom. The maximum Gasteiger partial charge on any atom is 0.306 e. The van der Waals surface area contributed by atoms with E-state index in [1.807, 2.05) is 16.3 Å². The fraction of sp³-hybridized carbons (Fsp3) is 0.480. The van der Waals surface area contributed by atoms with Crippen molar-refractivity contribution in [2.75, 3.05) is 24.5 Å². The van der Waals surface area contributed by atoms with Gasteiger partial charge in [-0.2, -0.15) is 0 Å². The number of aromatic nitrogens is 3. The van der Waals surface area contributed by atoms with E-state index in [-0.39, 0.29) is 18.1 Å². The summed E-state index contributed by atoms with van der Waals surface area (Å²) in [5.41, 5.74) is 1.23. The van der Waals surface area contributed by atoms with Gasteiger partial charge in [0.1, 0.15) is 16.5 Å². The number of Topliss-reactive ketones (excluding diaryl/α,β-unsaturated/α-hetero) is 1. The normalized spacial score (nSPS) is 19.2. The molecule has 5 heterocycles. The van der Waals surface area contributed by atoms with Crippen molar-refractivity contribution in [1.82, 2.24) is 19.9 Å². The summed E-state index contributed by atoms with van der Waals surface area (Å²) in [6.07, 6.45) is 6.87. The van der Waals surface area contributed by atoms with Crippen molar-refractivity contribution < 1.29 is 14.7 Å². The fourth-order valence-corrected chi connectivity index (χ4v) is 7.10. The highest BCUT2D eigenvalue weighted by molar-refractivity contribution is 7.15. The molecule has 0 saturated carbocycles. The lowest BCUT2D eigenvalue weighted by atomic mass is 9.97. The Morgan fingerprint density at radius 3 is 2.58 bits per heavy atom. The van der Waals surface area contributed by atoms with Crippen LogP contribution in [0.3, 0.4) is 0 Å². The van der Waals surface area contributed by atoms with E-state index in [1.54, 1.807) is 28.9 Å². The molecule has 2 saturated heterocycles. The van der Waals surface area contributed by atoms with Crippen LogP contribution in [0.4, 0.5) is 5.82 Å². The molecule has 0 amide bonds. The average molecular weight is 546 g/mol. The molecular weight excluding hydrogens is 518 g/mol. The van der Waals surface area contributed by atoms with Gasteiger partial charge in [0.05, 0.1) is 40.3 Å². The second-order valence-corrected chi connectivity index (χ2v) is 11.9. The molecular formula is C25H28ClN5O3S2. The molecule has 2 aliphatic rings. The molecule has 0 spiro atoms. The van der Waals surface area contributed by atoms with E-state index in [0.29, 0.717) is 48.5 Å². The Kier molecular flexibility index (Phi) is 7.66. The van der Waals surface area contributed by atoms with Gasteiger partial charge in [0.25, 0.3) is 0 Å². The van der Waals surface area contributed by atoms with Gasteiger partial charge in [0, 0.05) is 35.9 Å². The summed E-state index contributed by atoms with van der Waals surface area (Å²) in [4.78, 5) is 44.6. The van der Waals surface area contributed by atoms with Gasteiger partial charge in [-0.1, -0.05) is 11.6 Å². The fourth-order valence-electron chi connectivity index (χ4n) is 4.84. The number of aliphatic carboxylic acids is 1. The van der Waals surface area contributed by atoms with E-state index in [9.17, 15) is 14.7 Å². The van der Waals surface area contributed by atoms with E-state index in [0.717, 1.165) is 33.5 Å². The first-order valence-corrected chi connectivity index (χ1v) is 14.2. The minimum atomic E-state index is -0.743. The highest BCUT2D eigenvalue weighted by Crippen LogP contribution is 2.36. The van der Waals surface area contributed by atoms with Crippen LogP contribution in [0.15, 0.2) is 23.8 Å². The van der Waals surface area contributed by atoms with Crippen molar-refractivity contribution >= 4 is 51.8 Å². The Labute approximate surface area is 223 Å². The number of hydrogen-bond donors (Lipinski definition) is 1. The van der Waals surface area contributed by atoms with Gasteiger partial charge in [-0.15, -0.1) is 22.7 Å². The van der Waals surface area contributed by atoms with Crippen molar-refractivity contribution in [2.45, 2.75) is 51.6 Å². The molecule has 3 aromatic heterocycles. The number of rotatable bonds is 8. The van der Waals surface area contributed by atoms with Crippen molar-refractivity contribution in [3.05, 3.63) is 44.4 Å². The molecule has 3 aromatic rings. The van der Waals surface area contributed by atoms with Crippen LogP contribution in [-0.4, -0.2) is 62.4 Å². The van der Waals surface area contributed by atoms with E-state index >= 15 is 0 Å². The van der Waals surface area contributed by atoms with Gasteiger partial charge in [-0.25, -0.2) is 15.0 Å². The number of piperidine rings is 1. The van der Waals surface area contributed by atoms with Crippen molar-refractivity contribution in [1.29, 1.82) is 0 Å². The maximum absolute atomic E-state index is 13.0. The highest BCUT2D eigenvalue weighted by atomic mass is 35.5. The molecule has 0 aliphatic carbocycles. The SMILES string of the molecule is C[C@H]1CCCN1Cc1sc(CC(=O)c2cnc(N3CCC(C(=O)O)CC3)cn2)nc1-c1cc(Cl)cs1. The lowest BCUT2D eigenvalue weighted by Crippen LogP contribution is -2.36. The topological polar surface area (TPSA) is 99.5 Å². The van der Waals surface area contributed by atoms with Crippen LogP contribution in [0.25, 0.3) is 10.6 Å². The number of thiazole rings is 1. The number of hydrogen-bond acceptors (Lipinski definition) is 9. The second-order valence-electron chi connectivity index (χ2n) is 9.43. The van der Waals surface area contributed by atoms with Gasteiger partial charge in [-0.05, 0) is 45.2 Å². The van der Waals surface area contributed by atoms with Gasteiger partial charge >= 0.3 is 5.97 Å². The van der Waals surface area contributed by atoms with Crippen LogP contribution in [0.5, 0.6) is 0 Å². The van der Waals surface area contributed by atoms with E-state index < -0.39 is 5.97 Å². The van der Waals surface area contributed by atoms with Crippen LogP contribution >= 0.6 is 34.3 Å². The van der Waals surface area contributed by atoms with Gasteiger partial charge in [0.2, 0.25) is 0 Å². The molecule has 1 atom stereocenters. The minimum absolute atomic E-state index is 0.121. The summed E-state index contributed by atoms with van der Waals surface area (Å²) >= 11 is 9.35. The zero-order valence-corrected chi connectivity index (χ0v) is 22.4. The first-order chi connectivity index (χ1) is 17.4. The molecule has 11 heteroatoms. The van der Waals surface area contributed by atoms with Crippen LogP contribution in [0.2, 0.25) is 5.02 Å². The van der Waals surface area contributed by atoms with Gasteiger partial charge < -0.3 is 10.0 Å². The van der Waals surface area contributed by atoms with E-state index in [4.69, 9.17) is 16.6 Å². The zero-order valence-electron chi connectivity index (χ0n) is 20.0. The number of halogens is 1. The Bertz CT molecular complexity index is 1240. The van der Waals surface area contributed by atoms with Gasteiger partial charge in [0.15, 0.2) is 5.78 Å². The summed E-state index contributed by atoms with van der Waals surface area (Å²) < 4.78 is 0. The minimum Gasteiger partial charge on any atom is -0.481 e. The van der Waals surface area contributed by atoms with Gasteiger partial charge in [-0.3, -0.25) is 14.5 Å². The Balaban J connectivity index is 1.28. The number of likely N-dealkylation sites (tertiary alicyclic amines) is 1. The van der Waals surface area contributed by atoms with Crippen LogP contribution in [0.1, 0.15) is 53.0 Å². The predicted molar refractivity (Wildman–Crippen MR) is 142 cm³/mol. The molecule has 1 N–H and O–H groups in total. The molecule has 5 rings (SSSR count). The average Bonchev–Trinajstić information content (AvgIpc) is 3.60. The lowest BCUT2D eigenvalue weighted by molar-refractivity contribution is -0.142. The molecule has 2 aliphatic heterocycles. The molecule has 0 unspecified atom stereocenters. The maximum atomic E-state index is 13.0. The monoisotopic (exact) mass is 545 g/mol. The summed E-state index contributed by atoms with van der Waals surface area (Å²) in [7, 11) is 0. The Morgan fingerprint density at radius 1 is 1.17 bits per heavy atom. The number of carboxylic acid groups (broad SMARTS) is 1. The third kappa shape index (κ3) is 5.61. The first kappa shape index (κ1) is 25.3. The zero-order chi connectivity index (χ0) is 25.2. The van der Waals surface area contributed by atoms with E-state index in [2.05, 4.69) is 21.8 Å². The molecule has 0 aromatic carbocycles. The van der Waals surface area contributed by atoms with Crippen molar-refractivity contribution in [2.24, 2.45) is 5.92 Å². The second kappa shape index (κ2) is 10.9. The van der Waals surface area contributed by atoms with E-state index in [1.165, 1.54) is 19.0 Å². The number of carbonyl (C=O) groups is 2. The summed E-state index contributed by atoms with van der Waals surface area (Å²) in [5.74, 6) is -0.498. The Hall–Kier alpha value is -2.40. The standard InChI is InChI=1S/C25H28ClN5O3S2/c1-15-3-2-6-31(15)13-21-24(20-9-17(26)14-35-20)29-23(36-21)10-19(32)18-11-28-22(12-27-18)30-7-4-16(5-8-30)25(33)34/h9,11-12,14-16H,2-8,10,13H2,1H3,(H,33,34)/t15-/m0/s1. The molecule has 0 radical (unpaired) electrons. The van der Waals surface area contributed by atoms with Crippen LogP contribution in [0, 0.1) is 5.92 Å². The number of ketones is 1. The largest absolute Gasteiger partial charge is 0.481 e. The number of carboxylic acids is 1. The molecule has 0 bridgehead atoms. The molecule has 36 heavy (non-hydrogen) atoms. The van der Waals surface area contributed by atoms with Crippen LogP contribution < -0.4 is 4.90 Å². The van der Waals surface area contributed by atoms with Crippen LogP contribution in [-0.2, 0) is 17.8 Å². The quantitative estimate of drug-likeness (QED) is 0.394. The smallest absolute Gasteiger partial charge is 0.306 e. The molecule has 190 valence electrons. The third-order valence-corrected chi connectivity index (χ3v) is 9.31. The predicted octanol–water partition coefficient (Wildman–Crippen LogP) is 5.03. The summed E-state index contributed by atoms with van der Waals surface area (Å²) in [6, 6.07) is 2.48. The number of anilines is 1. The summed E-state index contributed by atoms with van der Waals surface area (Å²) in [5, 5.41) is 12.6. The van der Waals surface area contributed by atoms with Crippen molar-refractivity contribution in [3.8, 4) is 10.6 Å². The molecule has 2 fully saturated rings. The summed E-state index contributed by atoms with van der Waals surface area (Å²) in [6.45, 7) is 5.40. The number of thiophene rings is 1. The molecule has 8 nitrogen and oxygen atoms in total. The number of nitrogens with zero attached hydrogens (tertiary/aromatic N) is 5.